The smallest absolute Gasteiger partial charge is 0.0484 e. The Kier molecular flexibility index (Phi) is 5.69. The molecule has 0 atom stereocenters. The van der Waals surface area contributed by atoms with Gasteiger partial charge >= 0.3 is 0 Å². The predicted octanol–water partition coefficient (Wildman–Crippen LogP) is 7.89. The van der Waals surface area contributed by atoms with Gasteiger partial charge in [-0.1, -0.05) is 139 Å². The highest BCUT2D eigenvalue weighted by atomic mass is 35.5. The van der Waals surface area contributed by atoms with E-state index in [2.05, 4.69) is 127 Å². The van der Waals surface area contributed by atoms with Crippen LogP contribution in [0.2, 0.25) is 5.02 Å². The van der Waals surface area contributed by atoms with E-state index in [1.807, 2.05) is 12.1 Å². The molecular formula is C37H25Cl. The molecule has 0 bridgehead atoms. The van der Waals surface area contributed by atoms with E-state index in [1.54, 1.807) is 0 Å². The molecule has 180 valence electrons. The first-order valence-corrected chi connectivity index (χ1v) is 13.4. The van der Waals surface area contributed by atoms with Gasteiger partial charge in [0.2, 0.25) is 0 Å². The molecule has 38 heavy (non-hydrogen) atoms. The third-order valence-electron chi connectivity index (χ3n) is 7.59. The fourth-order valence-corrected chi connectivity index (χ4v) is 6.16. The van der Waals surface area contributed by atoms with Crippen molar-refractivity contribution in [3.63, 3.8) is 0 Å². The molecule has 0 spiro atoms. The molecule has 0 N–H and O–H groups in total. The number of halogens is 1. The number of hydrogen-bond acceptors (Lipinski definition) is 0. The third kappa shape index (κ3) is 3.77. The summed E-state index contributed by atoms with van der Waals surface area (Å²) in [4.78, 5) is 0. The Morgan fingerprint density at radius 3 is 2.00 bits per heavy atom. The highest BCUT2D eigenvalue weighted by Gasteiger charge is 2.22. The van der Waals surface area contributed by atoms with Gasteiger partial charge in [0.1, 0.15) is 0 Å². The van der Waals surface area contributed by atoms with E-state index in [1.165, 1.54) is 59.8 Å². The summed E-state index contributed by atoms with van der Waals surface area (Å²) in [7, 11) is 0. The average Bonchev–Trinajstić information content (AvgIpc) is 3.59. The standard InChI is InChI=1S/C37H25Cl/c38-35-21-10-9-18-31(35)29-19-11-20-32(29)37-33(23-22-30-28-17-8-7-16-27(28)24-34(30)37)36(25-12-3-1-4-13-25)26-14-5-2-6-15-26/h1-19,21-24H,20H2. The monoisotopic (exact) mass is 504 g/mol. The van der Waals surface area contributed by atoms with Gasteiger partial charge in [0.15, 0.2) is 0 Å². The summed E-state index contributed by atoms with van der Waals surface area (Å²) in [6.45, 7) is 0. The van der Waals surface area contributed by atoms with Crippen molar-refractivity contribution >= 4 is 34.4 Å². The van der Waals surface area contributed by atoms with Crippen molar-refractivity contribution in [2.75, 3.05) is 0 Å². The SMILES string of the molecule is Clc1ccccc1C1=C(c2c3c(ccc2=C(c2ccccc2)c2ccccc2)=c2ccccc2=C3)CC=C1. The van der Waals surface area contributed by atoms with Gasteiger partial charge in [0.05, 0.1) is 0 Å². The van der Waals surface area contributed by atoms with Gasteiger partial charge in [-0.2, -0.15) is 0 Å². The van der Waals surface area contributed by atoms with Crippen molar-refractivity contribution in [1.82, 2.24) is 0 Å². The van der Waals surface area contributed by atoms with Gasteiger partial charge in [-0.3, -0.25) is 0 Å². The second kappa shape index (κ2) is 9.49. The van der Waals surface area contributed by atoms with Gasteiger partial charge < -0.3 is 0 Å². The third-order valence-corrected chi connectivity index (χ3v) is 7.92. The lowest BCUT2D eigenvalue weighted by Gasteiger charge is -2.17. The summed E-state index contributed by atoms with van der Waals surface area (Å²) in [5.41, 5.74) is 9.85. The maximum absolute atomic E-state index is 6.76. The Bertz CT molecular complexity index is 1940. The van der Waals surface area contributed by atoms with Crippen molar-refractivity contribution < 1.29 is 0 Å². The van der Waals surface area contributed by atoms with Crippen molar-refractivity contribution in [1.29, 1.82) is 0 Å². The average molecular weight is 505 g/mol. The Labute approximate surface area is 227 Å². The summed E-state index contributed by atoms with van der Waals surface area (Å²) in [5.74, 6) is 0. The summed E-state index contributed by atoms with van der Waals surface area (Å²) >= 11 is 6.76. The molecule has 0 nitrogen and oxygen atoms in total. The van der Waals surface area contributed by atoms with Crippen molar-refractivity contribution in [2.24, 2.45) is 0 Å². The van der Waals surface area contributed by atoms with Gasteiger partial charge in [0, 0.05) is 10.6 Å². The van der Waals surface area contributed by atoms with E-state index in [0.29, 0.717) is 0 Å². The molecule has 0 saturated heterocycles. The van der Waals surface area contributed by atoms with Gasteiger partial charge in [0.25, 0.3) is 0 Å². The summed E-state index contributed by atoms with van der Waals surface area (Å²) in [6, 6.07) is 43.0. The van der Waals surface area contributed by atoms with Crippen LogP contribution >= 0.6 is 11.6 Å². The molecule has 0 aliphatic heterocycles. The zero-order valence-electron chi connectivity index (χ0n) is 20.9. The fraction of sp³-hybridized carbons (Fsp3) is 0.0270. The topological polar surface area (TPSA) is 0 Å². The molecule has 0 unspecified atom stereocenters. The van der Waals surface area contributed by atoms with Crippen LogP contribution in [-0.4, -0.2) is 0 Å². The minimum Gasteiger partial charge on any atom is -0.0837 e. The van der Waals surface area contributed by atoms with Crippen molar-refractivity contribution in [3.05, 3.63) is 187 Å². The molecule has 0 amide bonds. The molecule has 5 aromatic carbocycles. The first-order chi connectivity index (χ1) is 18.8. The van der Waals surface area contributed by atoms with Crippen molar-refractivity contribution in [2.45, 2.75) is 6.42 Å². The summed E-state index contributed by atoms with van der Waals surface area (Å²) in [5, 5.41) is 5.88. The molecule has 0 radical (unpaired) electrons. The second-order valence-electron chi connectivity index (χ2n) is 9.77. The molecule has 1 heteroatoms. The van der Waals surface area contributed by atoms with E-state index >= 15 is 0 Å². The second-order valence-corrected chi connectivity index (χ2v) is 10.2. The summed E-state index contributed by atoms with van der Waals surface area (Å²) in [6.07, 6.45) is 7.74. The van der Waals surface area contributed by atoms with E-state index < -0.39 is 0 Å². The first kappa shape index (κ1) is 22.8. The van der Waals surface area contributed by atoms with Crippen LogP contribution < -0.4 is 10.4 Å². The molecule has 2 aliphatic carbocycles. The predicted molar refractivity (Wildman–Crippen MR) is 160 cm³/mol. The Balaban J connectivity index is 1.68. The first-order valence-electron chi connectivity index (χ1n) is 13.0. The van der Waals surface area contributed by atoms with Crippen molar-refractivity contribution in [3.8, 4) is 0 Å². The lowest BCUT2D eigenvalue weighted by Crippen LogP contribution is -2.16. The lowest BCUT2D eigenvalue weighted by molar-refractivity contribution is 1.35. The molecule has 2 aliphatic rings. The maximum atomic E-state index is 6.76. The maximum Gasteiger partial charge on any atom is 0.0484 e. The molecule has 0 fully saturated rings. The van der Waals surface area contributed by atoms with Crippen LogP contribution in [0.15, 0.2) is 133 Å². The van der Waals surface area contributed by atoms with Crippen LogP contribution in [0.4, 0.5) is 0 Å². The number of hydrogen-bond donors (Lipinski definition) is 0. The minimum atomic E-state index is 0.781. The molecule has 7 rings (SSSR count). The quantitative estimate of drug-likeness (QED) is 0.229. The Morgan fingerprint density at radius 1 is 0.605 bits per heavy atom. The molecular weight excluding hydrogens is 480 g/mol. The zero-order valence-corrected chi connectivity index (χ0v) is 21.6. The number of benzene rings is 5. The molecule has 0 saturated carbocycles. The highest BCUT2D eigenvalue weighted by molar-refractivity contribution is 6.33. The van der Waals surface area contributed by atoms with E-state index in [-0.39, 0.29) is 0 Å². The number of rotatable bonds is 4. The summed E-state index contributed by atoms with van der Waals surface area (Å²) < 4.78 is 0. The van der Waals surface area contributed by atoms with Gasteiger partial charge in [-0.25, -0.2) is 0 Å². The lowest BCUT2D eigenvalue weighted by atomic mass is 9.86. The Morgan fingerprint density at radius 2 is 1.26 bits per heavy atom. The fourth-order valence-electron chi connectivity index (χ4n) is 5.92. The normalized spacial score (nSPS) is 13.3. The highest BCUT2D eigenvalue weighted by Crippen LogP contribution is 2.39. The van der Waals surface area contributed by atoms with Gasteiger partial charge in [-0.15, -0.1) is 0 Å². The largest absolute Gasteiger partial charge is 0.0837 e. The number of allylic oxidation sites excluding steroid dienone is 4. The number of fused-ring (bicyclic) bond motifs is 2. The zero-order chi connectivity index (χ0) is 25.5. The Hall–Kier alpha value is -4.39. The molecule has 5 aromatic rings. The van der Waals surface area contributed by atoms with Crippen LogP contribution in [-0.2, 0) is 0 Å². The van der Waals surface area contributed by atoms with E-state index in [9.17, 15) is 0 Å². The molecule has 0 heterocycles. The van der Waals surface area contributed by atoms with E-state index in [0.717, 1.165) is 17.0 Å². The van der Waals surface area contributed by atoms with Crippen LogP contribution in [0.25, 0.3) is 22.8 Å². The van der Waals surface area contributed by atoms with Crippen LogP contribution in [0, 0.1) is 10.4 Å². The van der Waals surface area contributed by atoms with Crippen LogP contribution in [0.1, 0.15) is 34.2 Å². The van der Waals surface area contributed by atoms with E-state index in [4.69, 9.17) is 11.6 Å². The molecule has 0 aromatic heterocycles. The van der Waals surface area contributed by atoms with Crippen LogP contribution in [0.3, 0.4) is 0 Å². The minimum absolute atomic E-state index is 0.781. The van der Waals surface area contributed by atoms with Gasteiger partial charge in [-0.05, 0) is 78.4 Å². The van der Waals surface area contributed by atoms with Crippen LogP contribution in [0.5, 0.6) is 0 Å².